The van der Waals surface area contributed by atoms with Gasteiger partial charge < -0.3 is 10.1 Å². The molecule has 0 aliphatic heterocycles. The van der Waals surface area contributed by atoms with Crippen molar-refractivity contribution in [3.05, 3.63) is 0 Å². The largest absolute Gasteiger partial charge is 0.458 e. The SMILES string of the molecule is CCC1(OC(=O)C(C)(CC(C)(C)C)NC)CCCCC1. The molecule has 0 spiro atoms. The van der Waals surface area contributed by atoms with Gasteiger partial charge in [-0.1, -0.05) is 34.1 Å². The Balaban J connectivity index is 2.80. The van der Waals surface area contributed by atoms with Crippen LogP contribution in [0.4, 0.5) is 0 Å². The van der Waals surface area contributed by atoms with Gasteiger partial charge in [0, 0.05) is 0 Å². The summed E-state index contributed by atoms with van der Waals surface area (Å²) in [5.74, 6) is -0.0846. The zero-order chi connectivity index (χ0) is 15.4. The highest BCUT2D eigenvalue weighted by Gasteiger charge is 2.42. The van der Waals surface area contributed by atoms with Gasteiger partial charge in [-0.25, -0.2) is 0 Å². The van der Waals surface area contributed by atoms with Crippen molar-refractivity contribution in [1.82, 2.24) is 5.32 Å². The van der Waals surface area contributed by atoms with E-state index in [1.807, 2.05) is 14.0 Å². The van der Waals surface area contributed by atoms with E-state index in [0.717, 1.165) is 25.7 Å². The van der Waals surface area contributed by atoms with Crippen molar-refractivity contribution in [3.8, 4) is 0 Å². The molecule has 20 heavy (non-hydrogen) atoms. The number of ether oxygens (including phenoxy) is 1. The monoisotopic (exact) mass is 283 g/mol. The van der Waals surface area contributed by atoms with Crippen LogP contribution in [-0.2, 0) is 9.53 Å². The van der Waals surface area contributed by atoms with Crippen molar-refractivity contribution < 1.29 is 9.53 Å². The van der Waals surface area contributed by atoms with Crippen LogP contribution in [0.15, 0.2) is 0 Å². The van der Waals surface area contributed by atoms with Crippen LogP contribution in [0, 0.1) is 5.41 Å². The fourth-order valence-corrected chi connectivity index (χ4v) is 3.36. The Morgan fingerprint density at radius 3 is 2.10 bits per heavy atom. The van der Waals surface area contributed by atoms with Crippen LogP contribution in [0.5, 0.6) is 0 Å². The zero-order valence-electron chi connectivity index (χ0n) is 14.3. The molecule has 1 unspecified atom stereocenters. The Labute approximate surface area is 124 Å². The van der Waals surface area contributed by atoms with E-state index in [0.29, 0.717) is 0 Å². The van der Waals surface area contributed by atoms with Gasteiger partial charge in [0.25, 0.3) is 0 Å². The van der Waals surface area contributed by atoms with Gasteiger partial charge in [0.1, 0.15) is 11.1 Å². The van der Waals surface area contributed by atoms with Gasteiger partial charge in [-0.2, -0.15) is 0 Å². The molecule has 0 radical (unpaired) electrons. The third-order valence-electron chi connectivity index (χ3n) is 4.60. The van der Waals surface area contributed by atoms with Gasteiger partial charge in [-0.05, 0) is 57.9 Å². The average Bonchev–Trinajstić information content (AvgIpc) is 2.37. The topological polar surface area (TPSA) is 38.3 Å². The summed E-state index contributed by atoms with van der Waals surface area (Å²) in [5, 5.41) is 3.19. The zero-order valence-corrected chi connectivity index (χ0v) is 14.3. The van der Waals surface area contributed by atoms with Gasteiger partial charge in [-0.15, -0.1) is 0 Å². The second kappa shape index (κ2) is 6.46. The van der Waals surface area contributed by atoms with E-state index in [-0.39, 0.29) is 17.0 Å². The third kappa shape index (κ3) is 4.47. The second-order valence-corrected chi connectivity index (χ2v) is 7.81. The number of likely N-dealkylation sites (N-methyl/N-ethyl adjacent to an activating group) is 1. The fourth-order valence-electron chi connectivity index (χ4n) is 3.36. The molecule has 3 nitrogen and oxygen atoms in total. The lowest BCUT2D eigenvalue weighted by Gasteiger charge is -2.40. The molecule has 0 aromatic carbocycles. The second-order valence-electron chi connectivity index (χ2n) is 7.81. The molecule has 1 aliphatic carbocycles. The molecule has 3 heteroatoms. The number of rotatable bonds is 5. The lowest BCUT2D eigenvalue weighted by atomic mass is 9.79. The average molecular weight is 283 g/mol. The molecule has 0 bridgehead atoms. The summed E-state index contributed by atoms with van der Waals surface area (Å²) >= 11 is 0. The van der Waals surface area contributed by atoms with E-state index >= 15 is 0 Å². The summed E-state index contributed by atoms with van der Waals surface area (Å²) in [4.78, 5) is 12.7. The van der Waals surface area contributed by atoms with Crippen molar-refractivity contribution in [2.24, 2.45) is 5.41 Å². The maximum absolute atomic E-state index is 12.7. The highest BCUT2D eigenvalue weighted by molar-refractivity contribution is 5.80. The lowest BCUT2D eigenvalue weighted by molar-refractivity contribution is -0.172. The fraction of sp³-hybridized carbons (Fsp3) is 0.941. The quantitative estimate of drug-likeness (QED) is 0.773. The first-order chi connectivity index (χ1) is 9.16. The van der Waals surface area contributed by atoms with Crippen molar-refractivity contribution in [1.29, 1.82) is 0 Å². The van der Waals surface area contributed by atoms with Crippen LogP contribution < -0.4 is 5.32 Å². The van der Waals surface area contributed by atoms with Crippen LogP contribution >= 0.6 is 0 Å². The number of hydrogen-bond donors (Lipinski definition) is 1. The molecule has 1 saturated carbocycles. The predicted molar refractivity (Wildman–Crippen MR) is 83.7 cm³/mol. The van der Waals surface area contributed by atoms with Crippen LogP contribution in [0.1, 0.15) is 79.6 Å². The summed E-state index contributed by atoms with van der Waals surface area (Å²) in [6, 6.07) is 0. The Morgan fingerprint density at radius 2 is 1.70 bits per heavy atom. The first-order valence-electron chi connectivity index (χ1n) is 8.09. The van der Waals surface area contributed by atoms with Crippen LogP contribution in [-0.4, -0.2) is 24.2 Å². The van der Waals surface area contributed by atoms with E-state index in [1.165, 1.54) is 19.3 Å². The van der Waals surface area contributed by atoms with Gasteiger partial charge in [0.2, 0.25) is 0 Å². The van der Waals surface area contributed by atoms with E-state index in [9.17, 15) is 4.79 Å². The molecular formula is C17H33NO2. The molecule has 1 N–H and O–H groups in total. The highest BCUT2D eigenvalue weighted by atomic mass is 16.6. The Kier molecular flexibility index (Phi) is 5.65. The van der Waals surface area contributed by atoms with Crippen molar-refractivity contribution >= 4 is 5.97 Å². The summed E-state index contributed by atoms with van der Waals surface area (Å²) in [5.41, 5.74) is -0.730. The minimum atomic E-state index is -0.599. The molecule has 0 aromatic heterocycles. The summed E-state index contributed by atoms with van der Waals surface area (Å²) in [6.45, 7) is 10.6. The molecular weight excluding hydrogens is 250 g/mol. The molecule has 0 aromatic rings. The summed E-state index contributed by atoms with van der Waals surface area (Å²) < 4.78 is 6.03. The van der Waals surface area contributed by atoms with Crippen LogP contribution in [0.3, 0.4) is 0 Å². The van der Waals surface area contributed by atoms with Crippen molar-refractivity contribution in [2.45, 2.75) is 90.7 Å². The number of carbonyl (C=O) groups is 1. The number of carbonyl (C=O) groups excluding carboxylic acids is 1. The van der Waals surface area contributed by atoms with Crippen molar-refractivity contribution in [2.75, 3.05) is 7.05 Å². The third-order valence-corrected chi connectivity index (χ3v) is 4.60. The molecule has 118 valence electrons. The smallest absolute Gasteiger partial charge is 0.326 e. The van der Waals surface area contributed by atoms with E-state index < -0.39 is 5.54 Å². The normalized spacial score (nSPS) is 22.1. The van der Waals surface area contributed by atoms with E-state index in [4.69, 9.17) is 4.74 Å². The first-order valence-corrected chi connectivity index (χ1v) is 8.09. The molecule has 1 fully saturated rings. The Hall–Kier alpha value is -0.570. The van der Waals surface area contributed by atoms with Crippen LogP contribution in [0.2, 0.25) is 0 Å². The van der Waals surface area contributed by atoms with E-state index in [1.54, 1.807) is 0 Å². The molecule has 1 atom stereocenters. The minimum absolute atomic E-state index is 0.0846. The minimum Gasteiger partial charge on any atom is -0.458 e. The summed E-state index contributed by atoms with van der Waals surface area (Å²) in [7, 11) is 1.85. The first kappa shape index (κ1) is 17.5. The van der Waals surface area contributed by atoms with E-state index in [2.05, 4.69) is 33.0 Å². The molecule has 0 amide bonds. The molecule has 1 rings (SSSR count). The Morgan fingerprint density at radius 1 is 1.15 bits per heavy atom. The van der Waals surface area contributed by atoms with Gasteiger partial charge in [-0.3, -0.25) is 4.79 Å². The van der Waals surface area contributed by atoms with Gasteiger partial charge in [0.05, 0.1) is 0 Å². The Bertz CT molecular complexity index is 326. The maximum atomic E-state index is 12.7. The number of esters is 1. The predicted octanol–water partition coefficient (Wildman–Crippen LogP) is 4.06. The molecule has 1 aliphatic rings. The lowest BCUT2D eigenvalue weighted by Crippen LogP contribution is -2.54. The molecule has 0 heterocycles. The molecule has 0 saturated heterocycles. The van der Waals surface area contributed by atoms with Crippen LogP contribution in [0.25, 0.3) is 0 Å². The maximum Gasteiger partial charge on any atom is 0.326 e. The van der Waals surface area contributed by atoms with Crippen molar-refractivity contribution in [3.63, 3.8) is 0 Å². The van der Waals surface area contributed by atoms with Gasteiger partial charge >= 0.3 is 5.97 Å². The highest BCUT2D eigenvalue weighted by Crippen LogP contribution is 2.37. The number of nitrogens with one attached hydrogen (secondary N) is 1. The standard InChI is InChI=1S/C17H33NO2/c1-7-17(11-9-8-10-12-17)20-14(19)16(5,18-6)13-15(2,3)4/h18H,7-13H2,1-6H3. The summed E-state index contributed by atoms with van der Waals surface area (Å²) in [6.07, 6.45) is 7.36. The van der Waals surface area contributed by atoms with Gasteiger partial charge in [0.15, 0.2) is 0 Å². The number of hydrogen-bond acceptors (Lipinski definition) is 3.